The maximum Gasteiger partial charge on any atom is 0.274 e. The largest absolute Gasteiger partial charge is 0.495 e. The van der Waals surface area contributed by atoms with Gasteiger partial charge in [-0.25, -0.2) is 8.42 Å². The third kappa shape index (κ3) is 4.03. The first kappa shape index (κ1) is 20.3. The summed E-state index contributed by atoms with van der Waals surface area (Å²) in [5.41, 5.74) is 1.60. The third-order valence-corrected chi connectivity index (χ3v) is 6.45. The molecule has 3 rings (SSSR count). The van der Waals surface area contributed by atoms with Crippen LogP contribution >= 0.6 is 0 Å². The van der Waals surface area contributed by atoms with Crippen molar-refractivity contribution >= 4 is 21.6 Å². The maximum atomic E-state index is 12.8. The zero-order chi connectivity index (χ0) is 20.3. The minimum Gasteiger partial charge on any atom is -0.495 e. The molecule has 1 aromatic carbocycles. The van der Waals surface area contributed by atoms with Gasteiger partial charge in [0.25, 0.3) is 5.91 Å². The van der Waals surface area contributed by atoms with E-state index in [1.54, 1.807) is 13.1 Å². The minimum absolute atomic E-state index is 0.109. The van der Waals surface area contributed by atoms with Gasteiger partial charge in [0, 0.05) is 26.2 Å². The Morgan fingerprint density at radius 1 is 1.29 bits per heavy atom. The number of methoxy groups -OCH3 is 1. The molecule has 0 saturated carbocycles. The van der Waals surface area contributed by atoms with Gasteiger partial charge in [-0.15, -0.1) is 0 Å². The fourth-order valence-electron chi connectivity index (χ4n) is 2.97. The fourth-order valence-corrected chi connectivity index (χ4v) is 4.39. The number of nitrogens with one attached hydrogen (secondary N) is 1. The zero-order valence-corrected chi connectivity index (χ0v) is 17.0. The maximum absolute atomic E-state index is 12.8. The second-order valence-corrected chi connectivity index (χ2v) is 8.27. The number of sulfonamides is 1. The first-order valence-corrected chi connectivity index (χ1v) is 10.4. The molecule has 10 heteroatoms. The van der Waals surface area contributed by atoms with Crippen molar-refractivity contribution in [3.63, 3.8) is 0 Å². The molecule has 1 aliphatic rings. The van der Waals surface area contributed by atoms with Crippen LogP contribution in [0.4, 0.5) is 5.69 Å². The fraction of sp³-hybridized carbons (Fsp3) is 0.444. The van der Waals surface area contributed by atoms with Crippen molar-refractivity contribution in [3.8, 4) is 5.75 Å². The summed E-state index contributed by atoms with van der Waals surface area (Å²) in [5, 5.41) is 7.02. The molecule has 0 atom stereocenters. The van der Waals surface area contributed by atoms with E-state index in [-0.39, 0.29) is 16.6 Å². The molecule has 1 saturated heterocycles. The van der Waals surface area contributed by atoms with E-state index in [1.807, 2.05) is 6.92 Å². The summed E-state index contributed by atoms with van der Waals surface area (Å²) >= 11 is 0. The molecule has 0 unspecified atom stereocenters. The smallest absolute Gasteiger partial charge is 0.274 e. The Morgan fingerprint density at radius 3 is 2.61 bits per heavy atom. The average molecular weight is 408 g/mol. The van der Waals surface area contributed by atoms with Crippen molar-refractivity contribution in [1.29, 1.82) is 0 Å². The summed E-state index contributed by atoms with van der Waals surface area (Å²) in [6.07, 6.45) is 0.721. The normalized spacial score (nSPS) is 15.4. The van der Waals surface area contributed by atoms with E-state index >= 15 is 0 Å². The molecular formula is C18H24N4O5S. The Balaban J connectivity index is 1.85. The molecule has 0 spiro atoms. The second-order valence-electron chi connectivity index (χ2n) is 6.33. The Morgan fingerprint density at radius 2 is 2.00 bits per heavy atom. The summed E-state index contributed by atoms with van der Waals surface area (Å²) in [6.45, 7) is 3.32. The van der Waals surface area contributed by atoms with E-state index in [4.69, 9.17) is 9.47 Å². The molecule has 1 aliphatic heterocycles. The van der Waals surface area contributed by atoms with E-state index in [0.717, 1.165) is 12.1 Å². The molecule has 2 heterocycles. The third-order valence-electron chi connectivity index (χ3n) is 4.55. The van der Waals surface area contributed by atoms with E-state index in [1.165, 1.54) is 34.3 Å². The summed E-state index contributed by atoms with van der Waals surface area (Å²) < 4.78 is 39.0. The number of amides is 1. The van der Waals surface area contributed by atoms with E-state index < -0.39 is 10.0 Å². The van der Waals surface area contributed by atoms with Crippen LogP contribution in [0.5, 0.6) is 5.75 Å². The molecule has 9 nitrogen and oxygen atoms in total. The highest BCUT2D eigenvalue weighted by atomic mass is 32.2. The van der Waals surface area contributed by atoms with Gasteiger partial charge >= 0.3 is 0 Å². The number of benzene rings is 1. The molecule has 0 bridgehead atoms. The van der Waals surface area contributed by atoms with Crippen molar-refractivity contribution in [2.24, 2.45) is 7.05 Å². The van der Waals surface area contributed by atoms with Gasteiger partial charge in [-0.1, -0.05) is 6.92 Å². The Hall–Kier alpha value is -2.43. The minimum atomic E-state index is -3.65. The average Bonchev–Trinajstić information content (AvgIpc) is 3.09. The number of hydrogen-bond acceptors (Lipinski definition) is 6. The van der Waals surface area contributed by atoms with E-state index in [0.29, 0.717) is 37.7 Å². The van der Waals surface area contributed by atoms with Gasteiger partial charge in [-0.2, -0.15) is 9.40 Å². The lowest BCUT2D eigenvalue weighted by Gasteiger charge is -2.26. The molecular weight excluding hydrogens is 384 g/mol. The molecule has 1 aromatic heterocycles. The van der Waals surface area contributed by atoms with Crippen LogP contribution in [0.3, 0.4) is 0 Å². The number of carbonyl (C=O) groups is 1. The number of ether oxygens (including phenoxy) is 2. The van der Waals surface area contributed by atoms with Crippen molar-refractivity contribution in [1.82, 2.24) is 14.1 Å². The molecule has 1 amide bonds. The van der Waals surface area contributed by atoms with Gasteiger partial charge in [0.05, 0.1) is 36.6 Å². The number of nitrogens with zero attached hydrogens (tertiary/aromatic N) is 3. The van der Waals surface area contributed by atoms with Gasteiger partial charge in [-0.3, -0.25) is 9.48 Å². The van der Waals surface area contributed by atoms with Crippen LogP contribution in [-0.2, 0) is 28.2 Å². The van der Waals surface area contributed by atoms with Crippen LogP contribution in [0.2, 0.25) is 0 Å². The van der Waals surface area contributed by atoms with Crippen molar-refractivity contribution in [3.05, 3.63) is 35.7 Å². The summed E-state index contributed by atoms with van der Waals surface area (Å²) in [5.74, 6) is -0.0858. The molecule has 0 radical (unpaired) electrons. The van der Waals surface area contributed by atoms with Crippen molar-refractivity contribution in [2.75, 3.05) is 38.7 Å². The number of rotatable bonds is 6. The van der Waals surface area contributed by atoms with Crippen LogP contribution in [0, 0.1) is 0 Å². The van der Waals surface area contributed by atoms with Crippen LogP contribution < -0.4 is 10.1 Å². The lowest BCUT2D eigenvalue weighted by atomic mass is 10.2. The number of aromatic nitrogens is 2. The predicted octanol–water partition coefficient (Wildman–Crippen LogP) is 1.26. The Labute approximate surface area is 164 Å². The Kier molecular flexibility index (Phi) is 6.01. The van der Waals surface area contributed by atoms with Crippen LogP contribution in [-0.4, -0.2) is 61.8 Å². The summed E-state index contributed by atoms with van der Waals surface area (Å²) in [7, 11) is -0.529. The quantitative estimate of drug-likeness (QED) is 0.772. The summed E-state index contributed by atoms with van der Waals surface area (Å²) in [6, 6.07) is 6.13. The van der Waals surface area contributed by atoms with Crippen molar-refractivity contribution in [2.45, 2.75) is 18.2 Å². The highest BCUT2D eigenvalue weighted by Crippen LogP contribution is 2.29. The van der Waals surface area contributed by atoms with Gasteiger partial charge in [-0.05, 0) is 24.6 Å². The van der Waals surface area contributed by atoms with Gasteiger partial charge in [0.1, 0.15) is 11.4 Å². The monoisotopic (exact) mass is 408 g/mol. The number of hydrogen-bond donors (Lipinski definition) is 1. The lowest BCUT2D eigenvalue weighted by Crippen LogP contribution is -2.40. The topological polar surface area (TPSA) is 103 Å². The van der Waals surface area contributed by atoms with Crippen LogP contribution in [0.25, 0.3) is 0 Å². The van der Waals surface area contributed by atoms with Gasteiger partial charge < -0.3 is 14.8 Å². The zero-order valence-electron chi connectivity index (χ0n) is 16.1. The molecule has 28 heavy (non-hydrogen) atoms. The number of aryl methyl sites for hydroxylation is 2. The number of carbonyl (C=O) groups excluding carboxylic acids is 1. The lowest BCUT2D eigenvalue weighted by molar-refractivity contribution is 0.0730. The predicted molar refractivity (Wildman–Crippen MR) is 103 cm³/mol. The van der Waals surface area contributed by atoms with Gasteiger partial charge in [0.15, 0.2) is 0 Å². The van der Waals surface area contributed by atoms with Crippen molar-refractivity contribution < 1.29 is 22.7 Å². The number of anilines is 1. The molecule has 0 aliphatic carbocycles. The second kappa shape index (κ2) is 8.29. The highest BCUT2D eigenvalue weighted by molar-refractivity contribution is 7.89. The molecule has 1 fully saturated rings. The Bertz CT molecular complexity index is 964. The van der Waals surface area contributed by atoms with E-state index in [2.05, 4.69) is 10.4 Å². The summed E-state index contributed by atoms with van der Waals surface area (Å²) in [4.78, 5) is 12.7. The first-order chi connectivity index (χ1) is 13.4. The van der Waals surface area contributed by atoms with Gasteiger partial charge in [0.2, 0.25) is 10.0 Å². The molecule has 1 N–H and O–H groups in total. The standard InChI is InChI=1S/C18H24N4O5S/c1-4-13-11-16(21(2)20-13)18(23)19-15-6-5-14(12-17(15)26-3)28(24,25)22-7-9-27-10-8-22/h5-6,11-12H,4,7-10H2,1-3H3,(H,19,23). The highest BCUT2D eigenvalue weighted by Gasteiger charge is 2.27. The van der Waals surface area contributed by atoms with Crippen LogP contribution in [0.15, 0.2) is 29.2 Å². The SMILES string of the molecule is CCc1cc(C(=O)Nc2ccc(S(=O)(=O)N3CCOCC3)cc2OC)n(C)n1. The van der Waals surface area contributed by atoms with Crippen LogP contribution in [0.1, 0.15) is 23.1 Å². The number of morpholine rings is 1. The first-order valence-electron chi connectivity index (χ1n) is 8.97. The molecule has 2 aromatic rings. The molecule has 152 valence electrons. The van der Waals surface area contributed by atoms with E-state index in [9.17, 15) is 13.2 Å².